The van der Waals surface area contributed by atoms with E-state index in [4.69, 9.17) is 25.8 Å². The first-order valence-corrected chi connectivity index (χ1v) is 11.8. The summed E-state index contributed by atoms with van der Waals surface area (Å²) in [6, 6.07) is 19.0. The predicted molar refractivity (Wildman–Crippen MR) is 138 cm³/mol. The van der Waals surface area contributed by atoms with Crippen LogP contribution in [0.25, 0.3) is 6.08 Å². The predicted octanol–water partition coefficient (Wildman–Crippen LogP) is 6.58. The Balaban J connectivity index is 1.62. The largest absolute Gasteiger partial charge is 0.490 e. The highest BCUT2D eigenvalue weighted by Gasteiger charge is 2.25. The number of aliphatic imine (C=N–C) groups is 1. The average molecular weight is 574 g/mol. The Labute approximate surface area is 211 Å². The number of rotatable bonds is 7. The molecule has 0 N–H and O–H groups in total. The van der Waals surface area contributed by atoms with Crippen LogP contribution in [0.2, 0.25) is 5.02 Å². The van der Waals surface area contributed by atoms with Crippen LogP contribution >= 0.6 is 34.2 Å². The Hall–Kier alpha value is -2.84. The van der Waals surface area contributed by atoms with Gasteiger partial charge in [0.25, 0.3) is 0 Å². The van der Waals surface area contributed by atoms with Crippen LogP contribution in [-0.2, 0) is 16.1 Å². The van der Waals surface area contributed by atoms with Gasteiger partial charge in [-0.2, -0.15) is 0 Å². The fourth-order valence-corrected chi connectivity index (χ4v) is 4.35. The molecule has 1 heterocycles. The Bertz CT molecular complexity index is 1270. The highest BCUT2D eigenvalue weighted by molar-refractivity contribution is 14.1. The van der Waals surface area contributed by atoms with E-state index in [9.17, 15) is 4.79 Å². The highest BCUT2D eigenvalue weighted by Crippen LogP contribution is 2.36. The molecule has 0 aromatic heterocycles. The maximum atomic E-state index is 12.4. The molecule has 0 radical (unpaired) electrons. The highest BCUT2D eigenvalue weighted by atomic mass is 127. The first-order chi connectivity index (χ1) is 15.9. The number of hydrogen-bond acceptors (Lipinski definition) is 5. The Morgan fingerprint density at radius 2 is 1.91 bits per heavy atom. The number of halogens is 2. The number of carbonyl (C=O) groups excluding carboxylic acids is 1. The number of aryl methyl sites for hydroxylation is 1. The van der Waals surface area contributed by atoms with E-state index in [-0.39, 0.29) is 11.6 Å². The van der Waals surface area contributed by atoms with E-state index in [0.29, 0.717) is 35.3 Å². The molecule has 0 unspecified atom stereocenters. The van der Waals surface area contributed by atoms with Crippen molar-refractivity contribution in [1.82, 2.24) is 0 Å². The Kier molecular flexibility index (Phi) is 7.35. The van der Waals surface area contributed by atoms with Gasteiger partial charge in [-0.1, -0.05) is 53.6 Å². The van der Waals surface area contributed by atoms with Gasteiger partial charge in [-0.3, -0.25) is 0 Å². The topological polar surface area (TPSA) is 57.1 Å². The van der Waals surface area contributed by atoms with E-state index in [1.807, 2.05) is 37.3 Å². The Morgan fingerprint density at radius 3 is 2.67 bits per heavy atom. The molecule has 0 atom stereocenters. The van der Waals surface area contributed by atoms with Crippen LogP contribution in [-0.4, -0.2) is 18.5 Å². The summed E-state index contributed by atoms with van der Waals surface area (Å²) < 4.78 is 18.2. The van der Waals surface area contributed by atoms with E-state index in [0.717, 1.165) is 14.7 Å². The zero-order valence-electron chi connectivity index (χ0n) is 18.1. The second-order valence-corrected chi connectivity index (χ2v) is 8.93. The number of nitrogens with zero attached hydrogens (tertiary/aromatic N) is 1. The van der Waals surface area contributed by atoms with Crippen molar-refractivity contribution in [1.29, 1.82) is 0 Å². The molecule has 0 amide bonds. The van der Waals surface area contributed by atoms with E-state index in [2.05, 4.69) is 46.6 Å². The molecule has 168 valence electrons. The van der Waals surface area contributed by atoms with Gasteiger partial charge in [-0.05, 0) is 77.9 Å². The van der Waals surface area contributed by atoms with Crippen molar-refractivity contribution in [3.05, 3.63) is 97.2 Å². The fourth-order valence-electron chi connectivity index (χ4n) is 3.35. The van der Waals surface area contributed by atoms with E-state index in [1.165, 1.54) is 5.56 Å². The third-order valence-electron chi connectivity index (χ3n) is 4.83. The summed E-state index contributed by atoms with van der Waals surface area (Å²) in [7, 11) is 0. The van der Waals surface area contributed by atoms with Crippen molar-refractivity contribution in [2.24, 2.45) is 4.99 Å². The summed E-state index contributed by atoms with van der Waals surface area (Å²) in [5.74, 6) is 0.924. The lowest BCUT2D eigenvalue weighted by Crippen LogP contribution is -2.05. The summed E-state index contributed by atoms with van der Waals surface area (Å²) in [6.07, 6.45) is 1.67. The molecule has 1 aliphatic rings. The van der Waals surface area contributed by atoms with Crippen LogP contribution in [0.4, 0.5) is 0 Å². The normalized spacial score (nSPS) is 14.2. The maximum absolute atomic E-state index is 12.4. The first-order valence-electron chi connectivity index (χ1n) is 10.4. The second kappa shape index (κ2) is 10.4. The van der Waals surface area contributed by atoms with Gasteiger partial charge in [-0.15, -0.1) is 0 Å². The van der Waals surface area contributed by atoms with Crippen LogP contribution in [0, 0.1) is 10.5 Å². The summed E-state index contributed by atoms with van der Waals surface area (Å²) in [5.41, 5.74) is 3.77. The molecule has 3 aromatic rings. The molecule has 7 heteroatoms. The summed E-state index contributed by atoms with van der Waals surface area (Å²) >= 11 is 8.42. The standard InChI is InChI=1S/C26H21ClINO4/c1-3-31-23-14-18(12-21(28)24(23)32-15-17-8-6-7-16(2)11-17)13-22-26(30)33-25(29-22)19-9-4-5-10-20(19)27/h4-14H,3,15H2,1-2H3/b22-13-. The van der Waals surface area contributed by atoms with Crippen molar-refractivity contribution >= 4 is 52.1 Å². The van der Waals surface area contributed by atoms with Crippen LogP contribution in [0.3, 0.4) is 0 Å². The number of benzene rings is 3. The van der Waals surface area contributed by atoms with Gasteiger partial charge in [-0.25, -0.2) is 9.79 Å². The molecule has 3 aromatic carbocycles. The smallest absolute Gasteiger partial charge is 0.363 e. The molecule has 0 aliphatic carbocycles. The van der Waals surface area contributed by atoms with E-state index in [1.54, 1.807) is 24.3 Å². The van der Waals surface area contributed by atoms with Gasteiger partial charge >= 0.3 is 5.97 Å². The monoisotopic (exact) mass is 573 g/mol. The SMILES string of the molecule is CCOc1cc(/C=C2\N=C(c3ccccc3Cl)OC2=O)cc(I)c1OCc1cccc(C)c1. The molecule has 5 nitrogen and oxygen atoms in total. The summed E-state index contributed by atoms with van der Waals surface area (Å²) in [5, 5.41) is 0.466. The zero-order chi connectivity index (χ0) is 23.4. The maximum Gasteiger partial charge on any atom is 0.363 e. The minimum atomic E-state index is -0.530. The van der Waals surface area contributed by atoms with Gasteiger partial charge in [0.2, 0.25) is 5.90 Å². The van der Waals surface area contributed by atoms with Crippen molar-refractivity contribution < 1.29 is 19.0 Å². The van der Waals surface area contributed by atoms with E-state index < -0.39 is 5.97 Å². The van der Waals surface area contributed by atoms with Crippen molar-refractivity contribution in [2.75, 3.05) is 6.61 Å². The van der Waals surface area contributed by atoms with Crippen LogP contribution < -0.4 is 9.47 Å². The molecule has 4 rings (SSSR count). The molecule has 0 bridgehead atoms. The minimum Gasteiger partial charge on any atom is -0.490 e. The number of hydrogen-bond donors (Lipinski definition) is 0. The number of cyclic esters (lactones) is 1. The molecule has 0 fully saturated rings. The van der Waals surface area contributed by atoms with Gasteiger partial charge in [0.15, 0.2) is 17.2 Å². The molecule has 0 spiro atoms. The van der Waals surface area contributed by atoms with Crippen molar-refractivity contribution in [2.45, 2.75) is 20.5 Å². The molecule has 0 saturated carbocycles. The molecule has 1 aliphatic heterocycles. The van der Waals surface area contributed by atoms with Crippen molar-refractivity contribution in [3.8, 4) is 11.5 Å². The molecular formula is C26H21ClINO4. The lowest BCUT2D eigenvalue weighted by molar-refractivity contribution is -0.129. The Morgan fingerprint density at radius 1 is 1.09 bits per heavy atom. The second-order valence-electron chi connectivity index (χ2n) is 7.36. The van der Waals surface area contributed by atoms with Crippen LogP contribution in [0.1, 0.15) is 29.2 Å². The van der Waals surface area contributed by atoms with Gasteiger partial charge in [0, 0.05) is 0 Å². The first kappa shape index (κ1) is 23.3. The molecule has 33 heavy (non-hydrogen) atoms. The number of carbonyl (C=O) groups is 1. The zero-order valence-corrected chi connectivity index (χ0v) is 21.0. The minimum absolute atomic E-state index is 0.190. The summed E-state index contributed by atoms with van der Waals surface area (Å²) in [4.78, 5) is 16.8. The average Bonchev–Trinajstić information content (AvgIpc) is 3.13. The third kappa shape index (κ3) is 5.57. The quantitative estimate of drug-likeness (QED) is 0.182. The van der Waals surface area contributed by atoms with Crippen molar-refractivity contribution in [3.63, 3.8) is 0 Å². The fraction of sp³-hybridized carbons (Fsp3) is 0.154. The number of ether oxygens (including phenoxy) is 3. The van der Waals surface area contributed by atoms with Gasteiger partial charge in [0.1, 0.15) is 6.61 Å². The van der Waals surface area contributed by atoms with Crippen LogP contribution in [0.15, 0.2) is 71.4 Å². The van der Waals surface area contributed by atoms with Gasteiger partial charge < -0.3 is 14.2 Å². The summed E-state index contributed by atoms with van der Waals surface area (Å²) in [6.45, 7) is 4.87. The number of esters is 1. The molecule has 0 saturated heterocycles. The third-order valence-corrected chi connectivity index (χ3v) is 5.96. The van der Waals surface area contributed by atoms with Crippen LogP contribution in [0.5, 0.6) is 11.5 Å². The van der Waals surface area contributed by atoms with E-state index >= 15 is 0 Å². The lowest BCUT2D eigenvalue weighted by atomic mass is 10.1. The lowest BCUT2D eigenvalue weighted by Gasteiger charge is -2.15. The van der Waals surface area contributed by atoms with Gasteiger partial charge in [0.05, 0.1) is 20.8 Å². The molecular weight excluding hydrogens is 553 g/mol.